The molecular formula is C13H16O2. The highest BCUT2D eigenvalue weighted by Crippen LogP contribution is 2.08. The van der Waals surface area contributed by atoms with Gasteiger partial charge >= 0.3 is 5.97 Å². The Morgan fingerprint density at radius 2 is 2.07 bits per heavy atom. The van der Waals surface area contributed by atoms with Crippen LogP contribution < -0.4 is 0 Å². The molecular weight excluding hydrogens is 188 g/mol. The number of aryl methyl sites for hydroxylation is 1. The van der Waals surface area contributed by atoms with E-state index in [1.165, 1.54) is 18.4 Å². The van der Waals surface area contributed by atoms with Gasteiger partial charge in [0.25, 0.3) is 0 Å². The predicted octanol–water partition coefficient (Wildman–Crippen LogP) is 3.33. The second kappa shape index (κ2) is 6.02. The van der Waals surface area contributed by atoms with Crippen LogP contribution in [0.2, 0.25) is 0 Å². The van der Waals surface area contributed by atoms with E-state index in [2.05, 4.69) is 18.2 Å². The Labute approximate surface area is 90.6 Å². The van der Waals surface area contributed by atoms with Crippen LogP contribution in [-0.4, -0.2) is 5.97 Å². The topological polar surface area (TPSA) is 26.3 Å². The molecule has 1 aromatic carbocycles. The molecule has 0 aromatic heterocycles. The van der Waals surface area contributed by atoms with Gasteiger partial charge < -0.3 is 4.74 Å². The summed E-state index contributed by atoms with van der Waals surface area (Å²) >= 11 is 0. The molecule has 2 nitrogen and oxygen atoms in total. The van der Waals surface area contributed by atoms with Crippen molar-refractivity contribution in [3.8, 4) is 0 Å². The molecule has 15 heavy (non-hydrogen) atoms. The van der Waals surface area contributed by atoms with Crippen LogP contribution in [0.25, 0.3) is 0 Å². The van der Waals surface area contributed by atoms with E-state index in [-0.39, 0.29) is 5.97 Å². The highest BCUT2D eigenvalue weighted by molar-refractivity contribution is 5.89. The minimum absolute atomic E-state index is 0.355. The number of carbonyl (C=O) groups excluding carboxylic acids is 1. The lowest BCUT2D eigenvalue weighted by atomic mass is 10.1. The molecule has 0 saturated heterocycles. The maximum atomic E-state index is 11.3. The normalized spacial score (nSPS) is 9.67. The lowest BCUT2D eigenvalue weighted by Gasteiger charge is -2.02. The minimum Gasteiger partial charge on any atom is -0.432 e. The molecule has 1 aromatic rings. The summed E-state index contributed by atoms with van der Waals surface area (Å²) < 4.78 is 4.67. The number of rotatable bonds is 5. The van der Waals surface area contributed by atoms with Crippen LogP contribution in [0.3, 0.4) is 0 Å². The van der Waals surface area contributed by atoms with Gasteiger partial charge in [0.05, 0.1) is 11.8 Å². The quantitative estimate of drug-likeness (QED) is 0.543. The molecule has 0 atom stereocenters. The van der Waals surface area contributed by atoms with E-state index in [9.17, 15) is 4.79 Å². The number of esters is 1. The second-order valence-corrected chi connectivity index (χ2v) is 3.37. The maximum Gasteiger partial charge on any atom is 0.342 e. The van der Waals surface area contributed by atoms with Gasteiger partial charge in [-0.25, -0.2) is 4.79 Å². The standard InChI is InChI=1S/C13H16O2/c1-3-5-6-11-7-9-12(10-8-11)13(14)15-4-2/h4,7-10H,2-3,5-6H2,1H3. The third-order valence-corrected chi connectivity index (χ3v) is 2.20. The Morgan fingerprint density at radius 1 is 1.40 bits per heavy atom. The Bertz CT molecular complexity index is 325. The maximum absolute atomic E-state index is 11.3. The molecule has 0 radical (unpaired) electrons. The van der Waals surface area contributed by atoms with Crippen LogP contribution in [0.5, 0.6) is 0 Å². The monoisotopic (exact) mass is 204 g/mol. The minimum atomic E-state index is -0.355. The van der Waals surface area contributed by atoms with Gasteiger partial charge in [0.1, 0.15) is 0 Å². The smallest absolute Gasteiger partial charge is 0.342 e. The Morgan fingerprint density at radius 3 is 2.60 bits per heavy atom. The first-order chi connectivity index (χ1) is 7.27. The van der Waals surface area contributed by atoms with Gasteiger partial charge in [-0.05, 0) is 30.5 Å². The zero-order valence-corrected chi connectivity index (χ0v) is 9.03. The highest BCUT2D eigenvalue weighted by atomic mass is 16.5. The molecule has 80 valence electrons. The summed E-state index contributed by atoms with van der Waals surface area (Å²) in [6, 6.07) is 7.51. The van der Waals surface area contributed by atoms with Gasteiger partial charge in [0.2, 0.25) is 0 Å². The van der Waals surface area contributed by atoms with Crippen LogP contribution >= 0.6 is 0 Å². The number of hydrogen-bond donors (Lipinski definition) is 0. The molecule has 0 spiro atoms. The van der Waals surface area contributed by atoms with Crippen molar-refractivity contribution in [1.82, 2.24) is 0 Å². The number of unbranched alkanes of at least 4 members (excludes halogenated alkanes) is 1. The number of hydrogen-bond acceptors (Lipinski definition) is 2. The first kappa shape index (κ1) is 11.5. The van der Waals surface area contributed by atoms with Crippen LogP contribution in [0.15, 0.2) is 37.1 Å². The molecule has 0 amide bonds. The van der Waals surface area contributed by atoms with Crippen molar-refractivity contribution in [2.45, 2.75) is 26.2 Å². The van der Waals surface area contributed by atoms with E-state index in [1.807, 2.05) is 12.1 Å². The first-order valence-electron chi connectivity index (χ1n) is 5.18. The average molecular weight is 204 g/mol. The highest BCUT2D eigenvalue weighted by Gasteiger charge is 2.04. The summed E-state index contributed by atoms with van der Waals surface area (Å²) in [7, 11) is 0. The Hall–Kier alpha value is -1.57. The second-order valence-electron chi connectivity index (χ2n) is 3.37. The van der Waals surface area contributed by atoms with Crippen molar-refractivity contribution in [3.05, 3.63) is 48.2 Å². The van der Waals surface area contributed by atoms with E-state index in [0.717, 1.165) is 12.7 Å². The summed E-state index contributed by atoms with van der Waals surface area (Å²) in [5.74, 6) is -0.355. The molecule has 0 aliphatic carbocycles. The lowest BCUT2D eigenvalue weighted by molar-refractivity contribution is 0.0664. The third-order valence-electron chi connectivity index (χ3n) is 2.20. The van der Waals surface area contributed by atoms with Crippen molar-refractivity contribution < 1.29 is 9.53 Å². The largest absolute Gasteiger partial charge is 0.432 e. The first-order valence-corrected chi connectivity index (χ1v) is 5.18. The van der Waals surface area contributed by atoms with Gasteiger partial charge in [-0.2, -0.15) is 0 Å². The molecule has 0 aliphatic rings. The van der Waals surface area contributed by atoms with Gasteiger partial charge in [-0.3, -0.25) is 0 Å². The molecule has 0 bridgehead atoms. The number of ether oxygens (including phenoxy) is 1. The van der Waals surface area contributed by atoms with Gasteiger partial charge in [-0.15, -0.1) is 0 Å². The van der Waals surface area contributed by atoms with Crippen molar-refractivity contribution in [1.29, 1.82) is 0 Å². The number of benzene rings is 1. The summed E-state index contributed by atoms with van der Waals surface area (Å²) in [5.41, 5.74) is 1.82. The lowest BCUT2D eigenvalue weighted by Crippen LogP contribution is -2.00. The predicted molar refractivity (Wildman–Crippen MR) is 60.7 cm³/mol. The Kier molecular flexibility index (Phi) is 4.61. The van der Waals surface area contributed by atoms with Crippen LogP contribution in [-0.2, 0) is 11.2 Å². The van der Waals surface area contributed by atoms with E-state index in [4.69, 9.17) is 0 Å². The van der Waals surface area contributed by atoms with Crippen LogP contribution in [0.1, 0.15) is 35.7 Å². The van der Waals surface area contributed by atoms with Crippen molar-refractivity contribution in [3.63, 3.8) is 0 Å². The summed E-state index contributed by atoms with van der Waals surface area (Å²) in [6.45, 7) is 5.50. The van der Waals surface area contributed by atoms with Crippen molar-refractivity contribution >= 4 is 5.97 Å². The fourth-order valence-electron chi connectivity index (χ4n) is 1.33. The molecule has 2 heteroatoms. The fourth-order valence-corrected chi connectivity index (χ4v) is 1.33. The van der Waals surface area contributed by atoms with E-state index >= 15 is 0 Å². The fraction of sp³-hybridized carbons (Fsp3) is 0.308. The number of carbonyl (C=O) groups is 1. The van der Waals surface area contributed by atoms with E-state index in [1.54, 1.807) is 12.1 Å². The van der Waals surface area contributed by atoms with E-state index in [0.29, 0.717) is 5.56 Å². The van der Waals surface area contributed by atoms with Crippen molar-refractivity contribution in [2.75, 3.05) is 0 Å². The zero-order valence-electron chi connectivity index (χ0n) is 9.03. The molecule has 0 saturated carbocycles. The van der Waals surface area contributed by atoms with Crippen molar-refractivity contribution in [2.24, 2.45) is 0 Å². The molecule has 0 aliphatic heterocycles. The SMILES string of the molecule is C=COC(=O)c1ccc(CCCC)cc1. The molecule has 0 N–H and O–H groups in total. The molecule has 0 heterocycles. The summed E-state index contributed by atoms with van der Waals surface area (Å²) in [6.07, 6.45) is 4.57. The molecule has 0 fully saturated rings. The van der Waals surface area contributed by atoms with Gasteiger partial charge in [0.15, 0.2) is 0 Å². The van der Waals surface area contributed by atoms with Crippen LogP contribution in [0.4, 0.5) is 0 Å². The van der Waals surface area contributed by atoms with Crippen LogP contribution in [0, 0.1) is 0 Å². The molecule has 0 unspecified atom stereocenters. The summed E-state index contributed by atoms with van der Waals surface area (Å²) in [5, 5.41) is 0. The Balaban J connectivity index is 2.63. The average Bonchev–Trinajstić information content (AvgIpc) is 2.27. The van der Waals surface area contributed by atoms with Gasteiger partial charge in [0, 0.05) is 0 Å². The summed E-state index contributed by atoms with van der Waals surface area (Å²) in [4.78, 5) is 11.3. The molecule has 1 rings (SSSR count). The van der Waals surface area contributed by atoms with Gasteiger partial charge in [-0.1, -0.05) is 32.1 Å². The van der Waals surface area contributed by atoms with E-state index < -0.39 is 0 Å². The third kappa shape index (κ3) is 3.58. The zero-order chi connectivity index (χ0) is 11.1.